The lowest BCUT2D eigenvalue weighted by Crippen LogP contribution is -2.23. The van der Waals surface area contributed by atoms with Gasteiger partial charge in [0, 0.05) is 13.1 Å². The minimum absolute atomic E-state index is 0.300. The highest BCUT2D eigenvalue weighted by molar-refractivity contribution is 7.98. The van der Waals surface area contributed by atoms with E-state index in [1.54, 1.807) is 17.8 Å². The first-order valence-corrected chi connectivity index (χ1v) is 6.35. The third kappa shape index (κ3) is 2.13. The number of nitriles is 1. The van der Waals surface area contributed by atoms with E-state index in [1.807, 2.05) is 17.2 Å². The normalized spacial score (nSPS) is 19.8. The number of hydrogen-bond acceptors (Lipinski definition) is 5. The maximum atomic E-state index is 9.49. The lowest BCUT2D eigenvalue weighted by Gasteiger charge is -2.18. The van der Waals surface area contributed by atoms with Crippen molar-refractivity contribution in [1.82, 2.24) is 4.98 Å². The molecule has 1 aliphatic rings. The lowest BCUT2D eigenvalue weighted by molar-refractivity contribution is 0.198. The Morgan fingerprint density at radius 1 is 1.62 bits per heavy atom. The molecule has 1 aromatic heterocycles. The van der Waals surface area contributed by atoms with Crippen molar-refractivity contribution in [3.8, 4) is 6.07 Å². The fourth-order valence-corrected chi connectivity index (χ4v) is 2.19. The van der Waals surface area contributed by atoms with Gasteiger partial charge in [-0.1, -0.05) is 0 Å². The molecule has 1 aliphatic heterocycles. The number of thioether (sulfide) groups is 1. The Labute approximate surface area is 98.9 Å². The largest absolute Gasteiger partial charge is 0.391 e. The van der Waals surface area contributed by atoms with Gasteiger partial charge >= 0.3 is 0 Å². The fourth-order valence-electron chi connectivity index (χ4n) is 1.81. The molecule has 4 nitrogen and oxygen atoms in total. The van der Waals surface area contributed by atoms with Gasteiger partial charge < -0.3 is 10.0 Å². The van der Waals surface area contributed by atoms with E-state index in [2.05, 4.69) is 11.1 Å². The molecule has 2 rings (SSSR count). The number of β-amino-alcohol motifs (C(OH)–C–C–N with tert-alkyl or cyclic N) is 1. The quantitative estimate of drug-likeness (QED) is 0.782. The molecule has 0 saturated carbocycles. The van der Waals surface area contributed by atoms with E-state index >= 15 is 0 Å². The molecule has 0 aliphatic carbocycles. The highest BCUT2D eigenvalue weighted by Crippen LogP contribution is 2.25. The second-order valence-electron chi connectivity index (χ2n) is 3.73. The van der Waals surface area contributed by atoms with E-state index in [4.69, 9.17) is 5.26 Å². The van der Waals surface area contributed by atoms with Crippen LogP contribution in [0.3, 0.4) is 0 Å². The maximum Gasteiger partial charge on any atom is 0.147 e. The van der Waals surface area contributed by atoms with Gasteiger partial charge in [-0.25, -0.2) is 4.98 Å². The van der Waals surface area contributed by atoms with Gasteiger partial charge in [-0.2, -0.15) is 5.26 Å². The molecule has 1 atom stereocenters. The molecule has 0 spiro atoms. The number of anilines is 1. The van der Waals surface area contributed by atoms with Crippen LogP contribution in [0.25, 0.3) is 0 Å². The SMILES string of the molecule is CSc1ccc(C#N)c(N2CCC(O)C2)n1. The maximum absolute atomic E-state index is 9.49. The van der Waals surface area contributed by atoms with Gasteiger partial charge in [-0.15, -0.1) is 11.8 Å². The molecule has 0 bridgehead atoms. The molecule has 1 aromatic rings. The molecule has 16 heavy (non-hydrogen) atoms. The van der Waals surface area contributed by atoms with E-state index < -0.39 is 0 Å². The number of aromatic nitrogens is 1. The van der Waals surface area contributed by atoms with Crippen molar-refractivity contribution >= 4 is 17.6 Å². The Morgan fingerprint density at radius 2 is 2.44 bits per heavy atom. The molecular weight excluding hydrogens is 222 g/mol. The zero-order valence-electron chi connectivity index (χ0n) is 9.05. The summed E-state index contributed by atoms with van der Waals surface area (Å²) in [5.41, 5.74) is 0.576. The lowest BCUT2D eigenvalue weighted by atomic mass is 10.2. The van der Waals surface area contributed by atoms with Gasteiger partial charge in [0.25, 0.3) is 0 Å². The molecule has 84 valence electrons. The fraction of sp³-hybridized carbons (Fsp3) is 0.455. The van der Waals surface area contributed by atoms with E-state index in [-0.39, 0.29) is 6.10 Å². The van der Waals surface area contributed by atoms with Gasteiger partial charge in [0.1, 0.15) is 11.9 Å². The Kier molecular flexibility index (Phi) is 3.32. The minimum atomic E-state index is -0.300. The van der Waals surface area contributed by atoms with Crippen molar-refractivity contribution in [3.05, 3.63) is 17.7 Å². The molecule has 1 unspecified atom stereocenters. The Balaban J connectivity index is 2.34. The van der Waals surface area contributed by atoms with Crippen molar-refractivity contribution < 1.29 is 5.11 Å². The number of aliphatic hydroxyl groups excluding tert-OH is 1. The first kappa shape index (κ1) is 11.2. The van der Waals surface area contributed by atoms with Crippen LogP contribution in [-0.4, -0.2) is 35.5 Å². The van der Waals surface area contributed by atoms with Crippen LogP contribution in [0.15, 0.2) is 17.2 Å². The van der Waals surface area contributed by atoms with E-state index in [0.717, 1.165) is 18.0 Å². The van der Waals surface area contributed by atoms with Gasteiger partial charge in [0.15, 0.2) is 0 Å². The second kappa shape index (κ2) is 4.73. The first-order valence-electron chi connectivity index (χ1n) is 5.12. The van der Waals surface area contributed by atoms with Crippen LogP contribution in [0.2, 0.25) is 0 Å². The molecule has 1 fully saturated rings. The molecule has 0 aromatic carbocycles. The summed E-state index contributed by atoms with van der Waals surface area (Å²) in [6, 6.07) is 5.78. The van der Waals surface area contributed by atoms with Gasteiger partial charge in [0.2, 0.25) is 0 Å². The average Bonchev–Trinajstić information content (AvgIpc) is 2.75. The summed E-state index contributed by atoms with van der Waals surface area (Å²) in [6.07, 6.45) is 2.40. The van der Waals surface area contributed by atoms with E-state index in [1.165, 1.54) is 0 Å². The molecule has 2 heterocycles. The van der Waals surface area contributed by atoms with Crippen molar-refractivity contribution in [2.75, 3.05) is 24.2 Å². The van der Waals surface area contributed by atoms with Gasteiger partial charge in [0.05, 0.1) is 16.7 Å². The Hall–Kier alpha value is -1.25. The van der Waals surface area contributed by atoms with Crippen LogP contribution >= 0.6 is 11.8 Å². The van der Waals surface area contributed by atoms with Crippen LogP contribution in [0.4, 0.5) is 5.82 Å². The summed E-state index contributed by atoms with van der Waals surface area (Å²) in [5, 5.41) is 19.4. The van der Waals surface area contributed by atoms with Gasteiger partial charge in [-0.05, 0) is 24.8 Å². The number of rotatable bonds is 2. The monoisotopic (exact) mass is 235 g/mol. The Bertz CT molecular complexity index is 430. The molecule has 1 saturated heterocycles. The van der Waals surface area contributed by atoms with Crippen molar-refractivity contribution in [1.29, 1.82) is 5.26 Å². The summed E-state index contributed by atoms with van der Waals surface area (Å²) < 4.78 is 0. The number of hydrogen-bond donors (Lipinski definition) is 1. The van der Waals surface area contributed by atoms with Crippen LogP contribution in [0.5, 0.6) is 0 Å². The smallest absolute Gasteiger partial charge is 0.147 e. The van der Waals surface area contributed by atoms with Crippen molar-refractivity contribution in [2.45, 2.75) is 17.6 Å². The van der Waals surface area contributed by atoms with Crippen LogP contribution in [-0.2, 0) is 0 Å². The van der Waals surface area contributed by atoms with Crippen LogP contribution in [0, 0.1) is 11.3 Å². The molecule has 0 amide bonds. The third-order valence-corrected chi connectivity index (χ3v) is 3.29. The Morgan fingerprint density at radius 3 is 3.00 bits per heavy atom. The molecule has 0 radical (unpaired) electrons. The van der Waals surface area contributed by atoms with Crippen LogP contribution in [0.1, 0.15) is 12.0 Å². The summed E-state index contributed by atoms with van der Waals surface area (Å²) in [6.45, 7) is 1.33. The first-order chi connectivity index (χ1) is 7.74. The van der Waals surface area contributed by atoms with E-state index in [9.17, 15) is 5.11 Å². The van der Waals surface area contributed by atoms with Gasteiger partial charge in [-0.3, -0.25) is 0 Å². The second-order valence-corrected chi connectivity index (χ2v) is 4.55. The highest BCUT2D eigenvalue weighted by atomic mass is 32.2. The standard InChI is InChI=1S/C11H13N3OS/c1-16-10-3-2-8(6-12)11(13-10)14-5-4-9(15)7-14/h2-3,9,15H,4-5,7H2,1H3. The molecule has 1 N–H and O–H groups in total. The predicted molar refractivity (Wildman–Crippen MR) is 63.6 cm³/mol. The predicted octanol–water partition coefficient (Wildman–Crippen LogP) is 1.25. The topological polar surface area (TPSA) is 60.2 Å². The number of pyridine rings is 1. The molecule has 5 heteroatoms. The summed E-state index contributed by atoms with van der Waals surface area (Å²) in [5.74, 6) is 0.700. The van der Waals surface area contributed by atoms with Crippen LogP contribution < -0.4 is 4.90 Å². The van der Waals surface area contributed by atoms with Crippen molar-refractivity contribution in [3.63, 3.8) is 0 Å². The number of nitrogens with zero attached hydrogens (tertiary/aromatic N) is 3. The number of aliphatic hydroxyl groups is 1. The average molecular weight is 235 g/mol. The summed E-state index contributed by atoms with van der Waals surface area (Å²) in [4.78, 5) is 6.41. The highest BCUT2D eigenvalue weighted by Gasteiger charge is 2.23. The molecular formula is C11H13N3OS. The zero-order valence-corrected chi connectivity index (χ0v) is 9.87. The summed E-state index contributed by atoms with van der Waals surface area (Å²) >= 11 is 1.55. The zero-order chi connectivity index (χ0) is 11.5. The minimum Gasteiger partial charge on any atom is -0.391 e. The summed E-state index contributed by atoms with van der Waals surface area (Å²) in [7, 11) is 0. The third-order valence-electron chi connectivity index (χ3n) is 2.64. The van der Waals surface area contributed by atoms with Crippen molar-refractivity contribution in [2.24, 2.45) is 0 Å². The van der Waals surface area contributed by atoms with E-state index in [0.29, 0.717) is 17.9 Å².